The van der Waals surface area contributed by atoms with Crippen molar-refractivity contribution in [1.29, 1.82) is 0 Å². The second kappa shape index (κ2) is 5.27. The first-order chi connectivity index (χ1) is 10.4. The van der Waals surface area contributed by atoms with Gasteiger partial charge in [0.15, 0.2) is 0 Å². The number of rotatable bonds is 1. The predicted octanol–water partition coefficient (Wildman–Crippen LogP) is 2.71. The zero-order chi connectivity index (χ0) is 16.0. The molecule has 0 atom stereocenters. The molecule has 0 saturated carbocycles. The maximum atomic E-state index is 13.0. The van der Waals surface area contributed by atoms with E-state index in [1.54, 1.807) is 7.11 Å². The Balaban J connectivity index is 2.11. The highest BCUT2D eigenvalue weighted by Gasteiger charge is 2.48. The van der Waals surface area contributed by atoms with Crippen molar-refractivity contribution in [1.82, 2.24) is 5.32 Å². The molecule has 3 rings (SSSR count). The van der Waals surface area contributed by atoms with Crippen LogP contribution in [0.2, 0.25) is 0 Å². The van der Waals surface area contributed by atoms with E-state index in [1.807, 2.05) is 37.8 Å². The van der Waals surface area contributed by atoms with Crippen LogP contribution in [-0.4, -0.2) is 32.7 Å². The van der Waals surface area contributed by atoms with E-state index in [9.17, 15) is 4.79 Å². The van der Waals surface area contributed by atoms with E-state index in [2.05, 4.69) is 11.4 Å². The highest BCUT2D eigenvalue weighted by Crippen LogP contribution is 2.50. The molecule has 2 heterocycles. The molecule has 1 spiro atoms. The fourth-order valence-corrected chi connectivity index (χ4v) is 3.77. The summed E-state index contributed by atoms with van der Waals surface area (Å²) in [6, 6.07) is 6.19. The van der Waals surface area contributed by atoms with Gasteiger partial charge in [0.05, 0.1) is 12.8 Å². The predicted molar refractivity (Wildman–Crippen MR) is 88.6 cm³/mol. The van der Waals surface area contributed by atoms with Gasteiger partial charge in [0.2, 0.25) is 5.91 Å². The number of carbonyl (C=O) groups excluding carboxylic acids is 1. The first-order valence-electron chi connectivity index (χ1n) is 8.09. The summed E-state index contributed by atoms with van der Waals surface area (Å²) in [7, 11) is 1.68. The Bertz CT molecular complexity index is 583. The number of hydrogen-bond donors (Lipinski definition) is 1. The summed E-state index contributed by atoms with van der Waals surface area (Å²) in [6.07, 6.45) is 2.14. The molecule has 1 N–H and O–H groups in total. The number of hydrogen-bond acceptors (Lipinski definition) is 3. The molecule has 120 valence electrons. The highest BCUT2D eigenvalue weighted by molar-refractivity contribution is 6.01. The molecular formula is C18H26N2O2. The van der Waals surface area contributed by atoms with Crippen LogP contribution in [0, 0.1) is 5.41 Å². The highest BCUT2D eigenvalue weighted by atomic mass is 16.5. The van der Waals surface area contributed by atoms with Crippen LogP contribution in [0.1, 0.15) is 39.2 Å². The van der Waals surface area contributed by atoms with Crippen LogP contribution in [0.4, 0.5) is 5.69 Å². The fourth-order valence-electron chi connectivity index (χ4n) is 3.77. The number of methoxy groups -OCH3 is 1. The lowest BCUT2D eigenvalue weighted by molar-refractivity contribution is -0.125. The van der Waals surface area contributed by atoms with E-state index in [1.165, 1.54) is 5.56 Å². The van der Waals surface area contributed by atoms with E-state index >= 15 is 0 Å². The van der Waals surface area contributed by atoms with Gasteiger partial charge in [0.1, 0.15) is 5.75 Å². The number of benzene rings is 1. The largest absolute Gasteiger partial charge is 0.495 e. The number of carbonyl (C=O) groups is 1. The molecule has 0 aromatic heterocycles. The van der Waals surface area contributed by atoms with Gasteiger partial charge >= 0.3 is 0 Å². The molecule has 4 heteroatoms. The minimum absolute atomic E-state index is 0.0794. The molecule has 1 saturated heterocycles. The average molecular weight is 302 g/mol. The van der Waals surface area contributed by atoms with Crippen molar-refractivity contribution in [3.05, 3.63) is 23.8 Å². The maximum Gasteiger partial charge on any atom is 0.232 e. The Kier molecular flexibility index (Phi) is 3.68. The number of amides is 1. The summed E-state index contributed by atoms with van der Waals surface area (Å²) >= 11 is 0. The first kappa shape index (κ1) is 15.3. The number of para-hydroxylation sites is 1. The number of fused-ring (bicyclic) bond motifs is 2. The quantitative estimate of drug-likeness (QED) is 0.867. The van der Waals surface area contributed by atoms with Gasteiger partial charge in [-0.1, -0.05) is 32.9 Å². The summed E-state index contributed by atoms with van der Waals surface area (Å²) in [5.74, 6) is 0.985. The summed E-state index contributed by atoms with van der Waals surface area (Å²) < 4.78 is 5.57. The summed E-state index contributed by atoms with van der Waals surface area (Å²) in [5.41, 5.74) is 1.96. The maximum absolute atomic E-state index is 13.0. The number of anilines is 1. The van der Waals surface area contributed by atoms with Crippen LogP contribution in [0.25, 0.3) is 0 Å². The third-order valence-corrected chi connectivity index (χ3v) is 4.97. The Labute approximate surface area is 132 Å². The molecule has 1 fully saturated rings. The lowest BCUT2D eigenvalue weighted by Crippen LogP contribution is -2.46. The van der Waals surface area contributed by atoms with E-state index in [4.69, 9.17) is 4.74 Å². The van der Waals surface area contributed by atoms with Crippen molar-refractivity contribution in [2.24, 2.45) is 5.41 Å². The van der Waals surface area contributed by atoms with E-state index in [-0.39, 0.29) is 11.3 Å². The van der Waals surface area contributed by atoms with Crippen molar-refractivity contribution in [3.63, 3.8) is 0 Å². The molecule has 0 bridgehead atoms. The lowest BCUT2D eigenvalue weighted by Gasteiger charge is -2.35. The van der Waals surface area contributed by atoms with Crippen LogP contribution < -0.4 is 15.0 Å². The van der Waals surface area contributed by atoms with E-state index < -0.39 is 5.41 Å². The van der Waals surface area contributed by atoms with Gasteiger partial charge in [-0.15, -0.1) is 0 Å². The van der Waals surface area contributed by atoms with E-state index in [0.29, 0.717) is 0 Å². The van der Waals surface area contributed by atoms with Gasteiger partial charge in [-0.3, -0.25) is 4.79 Å². The zero-order valence-corrected chi connectivity index (χ0v) is 14.0. The molecule has 2 aliphatic heterocycles. The fraction of sp³-hybridized carbons (Fsp3) is 0.611. The van der Waals surface area contributed by atoms with Gasteiger partial charge in [-0.05, 0) is 37.6 Å². The lowest BCUT2D eigenvalue weighted by atomic mass is 9.75. The molecule has 1 amide bonds. The number of nitrogens with zero attached hydrogens (tertiary/aromatic N) is 1. The number of piperidine rings is 1. The summed E-state index contributed by atoms with van der Waals surface area (Å²) in [5, 5.41) is 3.43. The SMILES string of the molecule is COc1cccc2c1N(C(=O)C(C)(C)C)CC21CCNCC1. The Morgan fingerprint density at radius 2 is 1.95 bits per heavy atom. The monoisotopic (exact) mass is 302 g/mol. The van der Waals surface area contributed by atoms with Crippen LogP contribution in [0.3, 0.4) is 0 Å². The minimum atomic E-state index is -0.392. The molecule has 1 aromatic rings. The van der Waals surface area contributed by atoms with Crippen molar-refractivity contribution < 1.29 is 9.53 Å². The standard InChI is InChI=1S/C18H26N2O2/c1-17(2,3)16(21)20-12-18(8-10-19-11-9-18)13-6-5-7-14(22-4)15(13)20/h5-7,19H,8-12H2,1-4H3. The molecule has 0 aliphatic carbocycles. The van der Waals surface area contributed by atoms with Crippen molar-refractivity contribution in [2.75, 3.05) is 31.6 Å². The molecule has 4 nitrogen and oxygen atoms in total. The van der Waals surface area contributed by atoms with Crippen molar-refractivity contribution in [3.8, 4) is 5.75 Å². The van der Waals surface area contributed by atoms with Crippen molar-refractivity contribution >= 4 is 11.6 Å². The molecule has 22 heavy (non-hydrogen) atoms. The van der Waals surface area contributed by atoms with Crippen LogP contribution in [-0.2, 0) is 10.2 Å². The third-order valence-electron chi connectivity index (χ3n) is 4.97. The molecule has 2 aliphatic rings. The molecule has 0 radical (unpaired) electrons. The molecule has 1 aromatic carbocycles. The Morgan fingerprint density at radius 1 is 1.27 bits per heavy atom. The second-order valence-electron chi connectivity index (χ2n) is 7.53. The van der Waals surface area contributed by atoms with Gasteiger partial charge < -0.3 is 15.0 Å². The summed E-state index contributed by atoms with van der Waals surface area (Å²) in [6.45, 7) is 8.75. The molecular weight excluding hydrogens is 276 g/mol. The number of nitrogens with one attached hydrogen (secondary N) is 1. The first-order valence-corrected chi connectivity index (χ1v) is 8.09. The average Bonchev–Trinajstić information content (AvgIpc) is 2.81. The van der Waals surface area contributed by atoms with Gasteiger partial charge in [0, 0.05) is 17.4 Å². The number of ether oxygens (including phenoxy) is 1. The van der Waals surface area contributed by atoms with Crippen LogP contribution in [0.15, 0.2) is 18.2 Å². The minimum Gasteiger partial charge on any atom is -0.495 e. The van der Waals surface area contributed by atoms with Gasteiger partial charge in [0.25, 0.3) is 0 Å². The van der Waals surface area contributed by atoms with Gasteiger partial charge in [-0.2, -0.15) is 0 Å². The zero-order valence-electron chi connectivity index (χ0n) is 14.0. The topological polar surface area (TPSA) is 41.6 Å². The van der Waals surface area contributed by atoms with Gasteiger partial charge in [-0.25, -0.2) is 0 Å². The third kappa shape index (κ3) is 2.30. The summed E-state index contributed by atoms with van der Waals surface area (Å²) in [4.78, 5) is 15.0. The normalized spacial score (nSPS) is 20.1. The second-order valence-corrected chi connectivity index (χ2v) is 7.53. The molecule has 0 unspecified atom stereocenters. The van der Waals surface area contributed by atoms with Crippen LogP contribution >= 0.6 is 0 Å². The Morgan fingerprint density at radius 3 is 2.55 bits per heavy atom. The Hall–Kier alpha value is -1.55. The van der Waals surface area contributed by atoms with Crippen molar-refractivity contribution in [2.45, 2.75) is 39.0 Å². The van der Waals surface area contributed by atoms with Crippen LogP contribution in [0.5, 0.6) is 5.75 Å². The van der Waals surface area contributed by atoms with E-state index in [0.717, 1.165) is 43.9 Å². The smallest absolute Gasteiger partial charge is 0.232 e.